The topological polar surface area (TPSA) is 23.5 Å². The Morgan fingerprint density at radius 1 is 1.25 bits per heavy atom. The minimum Gasteiger partial charge on any atom is -0.395 e. The van der Waals surface area contributed by atoms with Crippen molar-refractivity contribution in [2.75, 3.05) is 19.7 Å². The molecule has 1 rings (SSSR count). The molecule has 1 saturated carbocycles. The van der Waals surface area contributed by atoms with Gasteiger partial charge < -0.3 is 5.11 Å². The molecule has 2 nitrogen and oxygen atoms in total. The van der Waals surface area contributed by atoms with Crippen LogP contribution in [0.5, 0.6) is 0 Å². The Labute approximate surface area is 96.6 Å². The predicted molar refractivity (Wildman–Crippen MR) is 60.6 cm³/mol. The molecule has 16 heavy (non-hydrogen) atoms. The molecule has 0 aromatic heterocycles. The van der Waals surface area contributed by atoms with E-state index in [0.717, 1.165) is 19.3 Å². The number of hydrogen-bond donors (Lipinski definition) is 1. The molecule has 0 aromatic rings. The van der Waals surface area contributed by atoms with Crippen LogP contribution in [0.4, 0.5) is 8.78 Å². The summed E-state index contributed by atoms with van der Waals surface area (Å²) in [5.74, 6) is 1.29. The number of hydrogen-bond acceptors (Lipinski definition) is 2. The molecule has 0 saturated heterocycles. The first-order valence-corrected chi connectivity index (χ1v) is 6.17. The molecular formula is C12H23F2NO. The first-order chi connectivity index (χ1) is 7.54. The van der Waals surface area contributed by atoms with Gasteiger partial charge in [0.25, 0.3) is 6.43 Å². The summed E-state index contributed by atoms with van der Waals surface area (Å²) in [4.78, 5) is 1.76. The molecular weight excluding hydrogens is 212 g/mol. The van der Waals surface area contributed by atoms with Crippen molar-refractivity contribution in [3.05, 3.63) is 0 Å². The predicted octanol–water partition coefficient (Wildman–Crippen LogP) is 2.37. The zero-order chi connectivity index (χ0) is 12.1. The van der Waals surface area contributed by atoms with E-state index in [1.165, 1.54) is 0 Å². The van der Waals surface area contributed by atoms with Crippen LogP contribution in [0.25, 0.3) is 0 Å². The minimum absolute atomic E-state index is 0.0346. The molecule has 3 unspecified atom stereocenters. The molecule has 4 heteroatoms. The summed E-state index contributed by atoms with van der Waals surface area (Å²) in [6, 6.07) is 0.229. The third-order valence-corrected chi connectivity index (χ3v) is 3.85. The van der Waals surface area contributed by atoms with Gasteiger partial charge in [-0.1, -0.05) is 13.8 Å². The zero-order valence-electron chi connectivity index (χ0n) is 10.2. The highest BCUT2D eigenvalue weighted by Crippen LogP contribution is 2.32. The quantitative estimate of drug-likeness (QED) is 0.791. The van der Waals surface area contributed by atoms with Crippen LogP contribution >= 0.6 is 0 Å². The fourth-order valence-corrected chi connectivity index (χ4v) is 2.58. The van der Waals surface area contributed by atoms with Crippen LogP contribution in [0.1, 0.15) is 33.1 Å². The van der Waals surface area contributed by atoms with Gasteiger partial charge in [-0.05, 0) is 31.1 Å². The summed E-state index contributed by atoms with van der Waals surface area (Å²) >= 11 is 0. The fraction of sp³-hybridized carbons (Fsp3) is 1.00. The molecule has 0 bridgehead atoms. The molecule has 0 heterocycles. The first kappa shape index (κ1) is 13.8. The van der Waals surface area contributed by atoms with E-state index in [2.05, 4.69) is 13.8 Å². The fourth-order valence-electron chi connectivity index (χ4n) is 2.58. The number of aliphatic hydroxyl groups excluding tert-OH is 1. The number of alkyl halides is 2. The molecule has 1 aliphatic rings. The maximum atomic E-state index is 12.4. The van der Waals surface area contributed by atoms with E-state index in [9.17, 15) is 8.78 Å². The first-order valence-electron chi connectivity index (χ1n) is 6.17. The Bertz CT molecular complexity index is 201. The van der Waals surface area contributed by atoms with Crippen molar-refractivity contribution in [1.29, 1.82) is 0 Å². The molecule has 0 radical (unpaired) electrons. The Hall–Kier alpha value is -0.220. The third-order valence-electron chi connectivity index (χ3n) is 3.85. The van der Waals surface area contributed by atoms with Crippen LogP contribution in [0.15, 0.2) is 0 Å². The van der Waals surface area contributed by atoms with Gasteiger partial charge in [0.2, 0.25) is 0 Å². The Balaban J connectivity index is 2.50. The van der Waals surface area contributed by atoms with E-state index in [0.29, 0.717) is 18.4 Å². The Kier molecular flexibility index (Phi) is 5.62. The van der Waals surface area contributed by atoms with Gasteiger partial charge in [-0.25, -0.2) is 8.78 Å². The van der Waals surface area contributed by atoms with E-state index >= 15 is 0 Å². The summed E-state index contributed by atoms with van der Waals surface area (Å²) in [5.41, 5.74) is 0. The van der Waals surface area contributed by atoms with Crippen LogP contribution in [0, 0.1) is 11.8 Å². The largest absolute Gasteiger partial charge is 0.395 e. The number of nitrogens with zero attached hydrogens (tertiary/aromatic N) is 1. The van der Waals surface area contributed by atoms with E-state index in [4.69, 9.17) is 5.11 Å². The summed E-state index contributed by atoms with van der Waals surface area (Å²) in [6.07, 6.45) is 0.768. The number of halogens is 2. The normalized spacial score (nSPS) is 31.3. The molecule has 1 fully saturated rings. The average Bonchev–Trinajstić information content (AvgIpc) is 2.21. The van der Waals surface area contributed by atoms with Crippen LogP contribution in [-0.2, 0) is 0 Å². The summed E-state index contributed by atoms with van der Waals surface area (Å²) < 4.78 is 24.8. The lowest BCUT2D eigenvalue weighted by atomic mass is 9.78. The smallest absolute Gasteiger partial charge is 0.251 e. The van der Waals surface area contributed by atoms with Crippen LogP contribution in [-0.4, -0.2) is 42.2 Å². The van der Waals surface area contributed by atoms with E-state index in [1.54, 1.807) is 4.90 Å². The van der Waals surface area contributed by atoms with Crippen molar-refractivity contribution in [2.24, 2.45) is 11.8 Å². The molecule has 1 aliphatic carbocycles. The van der Waals surface area contributed by atoms with Gasteiger partial charge >= 0.3 is 0 Å². The van der Waals surface area contributed by atoms with Crippen molar-refractivity contribution < 1.29 is 13.9 Å². The van der Waals surface area contributed by atoms with Crippen molar-refractivity contribution in [2.45, 2.75) is 45.6 Å². The van der Waals surface area contributed by atoms with Gasteiger partial charge in [0.15, 0.2) is 0 Å². The zero-order valence-corrected chi connectivity index (χ0v) is 10.2. The van der Waals surface area contributed by atoms with Crippen LogP contribution in [0.2, 0.25) is 0 Å². The van der Waals surface area contributed by atoms with Gasteiger partial charge in [-0.3, -0.25) is 4.90 Å². The van der Waals surface area contributed by atoms with Crippen molar-refractivity contribution in [3.63, 3.8) is 0 Å². The molecule has 1 N–H and O–H groups in total. The molecule has 0 aromatic carbocycles. The van der Waals surface area contributed by atoms with Gasteiger partial charge in [0.1, 0.15) is 0 Å². The molecule has 3 atom stereocenters. The summed E-state index contributed by atoms with van der Waals surface area (Å²) in [5, 5.41) is 8.91. The molecule has 0 amide bonds. The lowest BCUT2D eigenvalue weighted by molar-refractivity contribution is 0.0303. The average molecular weight is 235 g/mol. The highest BCUT2D eigenvalue weighted by Gasteiger charge is 2.29. The lowest BCUT2D eigenvalue weighted by Crippen LogP contribution is -2.44. The Morgan fingerprint density at radius 2 is 1.94 bits per heavy atom. The second kappa shape index (κ2) is 6.50. The molecule has 96 valence electrons. The van der Waals surface area contributed by atoms with Crippen molar-refractivity contribution in [1.82, 2.24) is 4.90 Å². The monoisotopic (exact) mass is 235 g/mol. The van der Waals surface area contributed by atoms with E-state index in [-0.39, 0.29) is 19.2 Å². The van der Waals surface area contributed by atoms with Crippen LogP contribution in [0.3, 0.4) is 0 Å². The van der Waals surface area contributed by atoms with Gasteiger partial charge in [0.05, 0.1) is 13.2 Å². The Morgan fingerprint density at radius 3 is 2.44 bits per heavy atom. The van der Waals surface area contributed by atoms with E-state index < -0.39 is 6.43 Å². The highest BCUT2D eigenvalue weighted by molar-refractivity contribution is 4.82. The second-order valence-electron chi connectivity index (χ2n) is 5.03. The number of aliphatic hydroxyl groups is 1. The lowest BCUT2D eigenvalue weighted by Gasteiger charge is -2.39. The van der Waals surface area contributed by atoms with Gasteiger partial charge in [-0.15, -0.1) is 0 Å². The highest BCUT2D eigenvalue weighted by atomic mass is 19.3. The summed E-state index contributed by atoms with van der Waals surface area (Å²) in [7, 11) is 0. The van der Waals surface area contributed by atoms with Gasteiger partial charge in [-0.2, -0.15) is 0 Å². The van der Waals surface area contributed by atoms with Crippen LogP contribution < -0.4 is 0 Å². The second-order valence-corrected chi connectivity index (χ2v) is 5.03. The number of rotatable bonds is 5. The summed E-state index contributed by atoms with van der Waals surface area (Å²) in [6.45, 7) is 4.55. The molecule has 0 aliphatic heterocycles. The van der Waals surface area contributed by atoms with Crippen molar-refractivity contribution in [3.8, 4) is 0 Å². The SMILES string of the molecule is CC1CCC(N(CCO)CC(F)F)CC1C. The third kappa shape index (κ3) is 3.98. The minimum atomic E-state index is -2.30. The van der Waals surface area contributed by atoms with E-state index in [1.807, 2.05) is 0 Å². The standard InChI is InChI=1S/C12H23F2NO/c1-9-3-4-11(7-10(9)2)15(5-6-16)8-12(13)14/h9-12,16H,3-8H2,1-2H3. The van der Waals surface area contributed by atoms with Crippen molar-refractivity contribution >= 4 is 0 Å². The maximum Gasteiger partial charge on any atom is 0.251 e. The molecule has 0 spiro atoms. The maximum absolute atomic E-state index is 12.4. The van der Waals surface area contributed by atoms with Gasteiger partial charge in [0, 0.05) is 12.6 Å².